The number of imide groups is 1. The Morgan fingerprint density at radius 3 is 2.61 bits per heavy atom. The molecule has 156 valence electrons. The lowest BCUT2D eigenvalue weighted by atomic mass is 10.2. The summed E-state index contributed by atoms with van der Waals surface area (Å²) in [7, 11) is 0. The number of hydrogen-bond donors (Lipinski definition) is 2. The summed E-state index contributed by atoms with van der Waals surface area (Å²) < 4.78 is 0. The van der Waals surface area contributed by atoms with Crippen molar-refractivity contribution in [3.63, 3.8) is 0 Å². The Morgan fingerprint density at radius 2 is 1.90 bits per heavy atom. The van der Waals surface area contributed by atoms with Gasteiger partial charge in [0.15, 0.2) is 5.13 Å². The number of rotatable bonds is 5. The van der Waals surface area contributed by atoms with Crippen LogP contribution >= 0.6 is 34.5 Å². The van der Waals surface area contributed by atoms with E-state index in [2.05, 4.69) is 15.6 Å². The zero-order chi connectivity index (χ0) is 22.1. The SMILES string of the molecule is Cc1ccc(N2C(=O)C(Cl)=C(Nc3cccc(C(=O)Nc4nccs4)c3)C2=O)cc1Cl. The second kappa shape index (κ2) is 8.50. The quantitative estimate of drug-likeness (QED) is 0.520. The number of nitrogens with zero attached hydrogens (tertiary/aromatic N) is 2. The van der Waals surface area contributed by atoms with Gasteiger partial charge in [-0.05, 0) is 42.8 Å². The average molecular weight is 473 g/mol. The van der Waals surface area contributed by atoms with Crippen LogP contribution in [0.3, 0.4) is 0 Å². The Bertz CT molecular complexity index is 1240. The van der Waals surface area contributed by atoms with Crippen LogP contribution in [-0.2, 0) is 9.59 Å². The van der Waals surface area contributed by atoms with Crippen molar-refractivity contribution in [2.24, 2.45) is 0 Å². The first kappa shape index (κ1) is 21.0. The third-order valence-corrected chi connectivity index (χ3v) is 5.93. The molecular weight excluding hydrogens is 459 g/mol. The second-order valence-electron chi connectivity index (χ2n) is 6.57. The highest BCUT2D eigenvalue weighted by molar-refractivity contribution is 7.13. The summed E-state index contributed by atoms with van der Waals surface area (Å²) in [5.74, 6) is -1.64. The Hall–Kier alpha value is -3.20. The lowest BCUT2D eigenvalue weighted by Gasteiger charge is -2.16. The highest BCUT2D eigenvalue weighted by Gasteiger charge is 2.39. The summed E-state index contributed by atoms with van der Waals surface area (Å²) in [4.78, 5) is 43.0. The number of benzene rings is 2. The van der Waals surface area contributed by atoms with E-state index in [1.54, 1.807) is 48.0 Å². The maximum absolute atomic E-state index is 12.9. The molecule has 4 rings (SSSR count). The van der Waals surface area contributed by atoms with Gasteiger partial charge in [-0.3, -0.25) is 19.7 Å². The van der Waals surface area contributed by atoms with Gasteiger partial charge in [0.25, 0.3) is 17.7 Å². The van der Waals surface area contributed by atoms with E-state index in [0.29, 0.717) is 27.1 Å². The minimum absolute atomic E-state index is 0.0826. The molecule has 31 heavy (non-hydrogen) atoms. The summed E-state index contributed by atoms with van der Waals surface area (Å²) in [6.07, 6.45) is 1.59. The van der Waals surface area contributed by atoms with Crippen molar-refractivity contribution in [2.75, 3.05) is 15.5 Å². The minimum atomic E-state index is -0.660. The summed E-state index contributed by atoms with van der Waals surface area (Å²) in [6, 6.07) is 11.3. The standard InChI is InChI=1S/C21H14Cl2N4O3S/c1-11-5-6-14(10-15(11)22)27-19(29)16(23)17(20(27)30)25-13-4-2-3-12(9-13)18(28)26-21-24-7-8-31-21/h2-10,25H,1H3,(H,24,26,28). The zero-order valence-corrected chi connectivity index (χ0v) is 18.3. The fourth-order valence-corrected chi connectivity index (χ4v) is 3.82. The molecule has 0 radical (unpaired) electrons. The fraction of sp³-hybridized carbons (Fsp3) is 0.0476. The molecule has 0 saturated carbocycles. The van der Waals surface area contributed by atoms with Crippen molar-refractivity contribution in [1.82, 2.24) is 4.98 Å². The number of nitrogens with one attached hydrogen (secondary N) is 2. The maximum atomic E-state index is 12.9. The predicted molar refractivity (Wildman–Crippen MR) is 122 cm³/mol. The summed E-state index contributed by atoms with van der Waals surface area (Å²) in [5.41, 5.74) is 1.81. The molecule has 0 fully saturated rings. The first-order chi connectivity index (χ1) is 14.8. The van der Waals surface area contributed by atoms with E-state index >= 15 is 0 Å². The van der Waals surface area contributed by atoms with Crippen LogP contribution in [-0.4, -0.2) is 22.7 Å². The van der Waals surface area contributed by atoms with Crippen LogP contribution in [0.4, 0.5) is 16.5 Å². The second-order valence-corrected chi connectivity index (χ2v) is 8.25. The highest BCUT2D eigenvalue weighted by atomic mass is 35.5. The molecular formula is C21H14Cl2N4O3S. The smallest absolute Gasteiger partial charge is 0.283 e. The molecule has 3 aromatic rings. The van der Waals surface area contributed by atoms with Crippen molar-refractivity contribution < 1.29 is 14.4 Å². The Kier molecular flexibility index (Phi) is 5.77. The Labute approximate surface area is 191 Å². The molecule has 0 bridgehead atoms. The molecule has 0 saturated heterocycles. The van der Waals surface area contributed by atoms with Crippen LogP contribution in [0, 0.1) is 6.92 Å². The number of halogens is 2. The molecule has 2 heterocycles. The van der Waals surface area contributed by atoms with Crippen molar-refractivity contribution in [3.8, 4) is 0 Å². The Morgan fingerprint density at radius 1 is 1.10 bits per heavy atom. The molecule has 2 aromatic carbocycles. The van der Waals surface area contributed by atoms with E-state index in [9.17, 15) is 14.4 Å². The molecule has 0 spiro atoms. The third-order valence-electron chi connectivity index (χ3n) is 4.49. The fourth-order valence-electron chi connectivity index (χ4n) is 2.90. The molecule has 0 atom stereocenters. The number of carbonyl (C=O) groups excluding carboxylic acids is 3. The summed E-state index contributed by atoms with van der Waals surface area (Å²) >= 11 is 13.6. The number of anilines is 3. The van der Waals surface area contributed by atoms with Gasteiger partial charge in [-0.2, -0.15) is 0 Å². The Balaban J connectivity index is 1.56. The van der Waals surface area contributed by atoms with E-state index in [0.717, 1.165) is 10.5 Å². The largest absolute Gasteiger partial charge is 0.350 e. The van der Waals surface area contributed by atoms with Crippen LogP contribution in [0.25, 0.3) is 0 Å². The first-order valence-electron chi connectivity index (χ1n) is 8.98. The number of thiazole rings is 1. The number of aryl methyl sites for hydroxylation is 1. The molecule has 10 heteroatoms. The van der Waals surface area contributed by atoms with Crippen molar-refractivity contribution in [2.45, 2.75) is 6.92 Å². The molecule has 0 unspecified atom stereocenters. The molecule has 2 N–H and O–H groups in total. The molecule has 1 aromatic heterocycles. The average Bonchev–Trinajstić information content (AvgIpc) is 3.33. The van der Waals surface area contributed by atoms with Gasteiger partial charge in [-0.15, -0.1) is 11.3 Å². The van der Waals surface area contributed by atoms with Gasteiger partial charge in [0.1, 0.15) is 10.7 Å². The number of hydrogen-bond acceptors (Lipinski definition) is 6. The van der Waals surface area contributed by atoms with Crippen LogP contribution in [0.15, 0.2) is 64.8 Å². The van der Waals surface area contributed by atoms with Crippen LogP contribution in [0.5, 0.6) is 0 Å². The number of aromatic nitrogens is 1. The van der Waals surface area contributed by atoms with Crippen LogP contribution in [0.2, 0.25) is 5.02 Å². The molecule has 1 aliphatic heterocycles. The topological polar surface area (TPSA) is 91.4 Å². The van der Waals surface area contributed by atoms with E-state index < -0.39 is 11.8 Å². The zero-order valence-electron chi connectivity index (χ0n) is 16.0. The lowest BCUT2D eigenvalue weighted by Crippen LogP contribution is -2.32. The molecule has 1 aliphatic rings. The van der Waals surface area contributed by atoms with Crippen LogP contribution < -0.4 is 15.5 Å². The van der Waals surface area contributed by atoms with Gasteiger partial charge in [-0.1, -0.05) is 35.3 Å². The van der Waals surface area contributed by atoms with Gasteiger partial charge in [0, 0.05) is 27.9 Å². The monoisotopic (exact) mass is 472 g/mol. The van der Waals surface area contributed by atoms with Gasteiger partial charge < -0.3 is 5.32 Å². The van der Waals surface area contributed by atoms with Gasteiger partial charge in [-0.25, -0.2) is 9.88 Å². The summed E-state index contributed by atoms with van der Waals surface area (Å²) in [5, 5.41) is 7.94. The summed E-state index contributed by atoms with van der Waals surface area (Å²) in [6.45, 7) is 1.82. The lowest BCUT2D eigenvalue weighted by molar-refractivity contribution is -0.120. The van der Waals surface area contributed by atoms with Crippen molar-refractivity contribution in [1.29, 1.82) is 0 Å². The van der Waals surface area contributed by atoms with E-state index in [4.69, 9.17) is 23.2 Å². The normalized spacial score (nSPS) is 13.7. The van der Waals surface area contributed by atoms with Gasteiger partial charge >= 0.3 is 0 Å². The van der Waals surface area contributed by atoms with E-state index in [1.165, 1.54) is 17.4 Å². The minimum Gasteiger partial charge on any atom is -0.350 e. The number of amides is 3. The highest BCUT2D eigenvalue weighted by Crippen LogP contribution is 2.32. The van der Waals surface area contributed by atoms with E-state index in [1.807, 2.05) is 6.92 Å². The first-order valence-corrected chi connectivity index (χ1v) is 10.6. The van der Waals surface area contributed by atoms with Gasteiger partial charge in [0.05, 0.1) is 5.69 Å². The van der Waals surface area contributed by atoms with Gasteiger partial charge in [0.2, 0.25) is 0 Å². The number of carbonyl (C=O) groups is 3. The third kappa shape index (κ3) is 4.18. The van der Waals surface area contributed by atoms with Crippen LogP contribution in [0.1, 0.15) is 15.9 Å². The molecule has 7 nitrogen and oxygen atoms in total. The predicted octanol–water partition coefficient (Wildman–Crippen LogP) is 4.79. The van der Waals surface area contributed by atoms with Crippen molar-refractivity contribution >= 4 is 68.8 Å². The van der Waals surface area contributed by atoms with E-state index in [-0.39, 0.29) is 16.6 Å². The molecule has 0 aliphatic carbocycles. The molecule has 3 amide bonds. The maximum Gasteiger partial charge on any atom is 0.283 e. The van der Waals surface area contributed by atoms with Crippen molar-refractivity contribution in [3.05, 3.63) is 80.9 Å².